The molecule has 88 valence electrons. The summed E-state index contributed by atoms with van der Waals surface area (Å²) in [5.41, 5.74) is 4.53. The van der Waals surface area contributed by atoms with Crippen LogP contribution in [-0.4, -0.2) is 11.7 Å². The van der Waals surface area contributed by atoms with Crippen LogP contribution in [0.5, 0.6) is 5.75 Å². The van der Waals surface area contributed by atoms with Crippen molar-refractivity contribution in [1.29, 1.82) is 0 Å². The Morgan fingerprint density at radius 1 is 1.00 bits per heavy atom. The van der Waals surface area contributed by atoms with E-state index in [0.29, 0.717) is 5.75 Å². The molecule has 0 amide bonds. The summed E-state index contributed by atoms with van der Waals surface area (Å²) in [4.78, 5) is 4.39. The van der Waals surface area contributed by atoms with E-state index in [1.54, 1.807) is 6.07 Å². The molecule has 1 aromatic rings. The van der Waals surface area contributed by atoms with Gasteiger partial charge in [-0.2, -0.15) is 0 Å². The van der Waals surface area contributed by atoms with Gasteiger partial charge in [0.2, 0.25) is 0 Å². The van der Waals surface area contributed by atoms with Gasteiger partial charge in [-0.05, 0) is 30.4 Å². The van der Waals surface area contributed by atoms with Crippen molar-refractivity contribution in [1.82, 2.24) is 0 Å². The molecule has 0 atom stereocenters. The second-order valence-electron chi connectivity index (χ2n) is 4.53. The number of rotatable bonds is 0. The highest BCUT2D eigenvalue weighted by molar-refractivity contribution is 5.85. The molecular weight excluding hydrogens is 224 g/mol. The second-order valence-corrected chi connectivity index (χ2v) is 4.53. The van der Waals surface area contributed by atoms with E-state index in [1.807, 2.05) is 30.5 Å². The predicted molar refractivity (Wildman–Crippen MR) is 72.4 cm³/mol. The Labute approximate surface area is 105 Å². The molecule has 0 saturated carbocycles. The third kappa shape index (κ3) is 1.13. The summed E-state index contributed by atoms with van der Waals surface area (Å²) in [7, 11) is 0. The fourth-order valence-corrected chi connectivity index (χ4v) is 2.70. The molecule has 0 aromatic heterocycles. The van der Waals surface area contributed by atoms with E-state index in [9.17, 15) is 5.11 Å². The molecule has 3 heteroatoms. The zero-order chi connectivity index (χ0) is 12.1. The number of hydrogen-bond donors (Lipinski definition) is 1. The van der Waals surface area contributed by atoms with Gasteiger partial charge in [0.1, 0.15) is 5.75 Å². The quantitative estimate of drug-likeness (QED) is 0.750. The van der Waals surface area contributed by atoms with E-state index in [0.717, 1.165) is 23.6 Å². The predicted octanol–water partition coefficient (Wildman–Crippen LogP) is 2.88. The van der Waals surface area contributed by atoms with Crippen molar-refractivity contribution in [2.45, 2.75) is 0 Å². The topological polar surface area (TPSA) is 26.7 Å². The largest absolute Gasteiger partial charge is 0.508 e. The van der Waals surface area contributed by atoms with E-state index in [-0.39, 0.29) is 0 Å². The first kappa shape index (κ1) is 9.59. The minimum atomic E-state index is 0.298. The monoisotopic (exact) mass is 236 g/mol. The number of hydrogen-bond acceptors (Lipinski definition) is 3. The van der Waals surface area contributed by atoms with Crippen LogP contribution in [0.1, 0.15) is 0 Å². The van der Waals surface area contributed by atoms with E-state index in [1.165, 1.54) is 5.70 Å². The summed E-state index contributed by atoms with van der Waals surface area (Å²) in [6.07, 6.45) is 12.5. The molecule has 0 radical (unpaired) electrons. The molecule has 1 aromatic carbocycles. The number of phenolic OH excluding ortho intramolecular Hbond substituents is 1. The van der Waals surface area contributed by atoms with Gasteiger partial charge in [0.05, 0.1) is 22.8 Å². The van der Waals surface area contributed by atoms with E-state index >= 15 is 0 Å². The van der Waals surface area contributed by atoms with Crippen molar-refractivity contribution < 1.29 is 5.11 Å². The Bertz CT molecular complexity index is 652. The van der Waals surface area contributed by atoms with Crippen LogP contribution in [0.2, 0.25) is 0 Å². The normalized spacial score (nSPS) is 19.1. The van der Waals surface area contributed by atoms with Crippen LogP contribution >= 0.6 is 0 Å². The zero-order valence-corrected chi connectivity index (χ0v) is 9.74. The van der Waals surface area contributed by atoms with Crippen molar-refractivity contribution >= 4 is 11.4 Å². The molecule has 3 aliphatic rings. The van der Waals surface area contributed by atoms with Gasteiger partial charge in [-0.1, -0.05) is 12.2 Å². The number of fused-ring (bicyclic) bond motifs is 5. The van der Waals surface area contributed by atoms with Crippen molar-refractivity contribution in [3.05, 3.63) is 66.2 Å². The van der Waals surface area contributed by atoms with Gasteiger partial charge in [-0.15, -0.1) is 0 Å². The molecule has 0 unspecified atom stereocenters. The molecule has 0 fully saturated rings. The lowest BCUT2D eigenvalue weighted by atomic mass is 10.1. The first-order valence-corrected chi connectivity index (χ1v) is 6.00. The first-order valence-electron chi connectivity index (χ1n) is 6.00. The number of allylic oxidation sites excluding steroid dienone is 4. The molecule has 3 nitrogen and oxygen atoms in total. The SMILES string of the molecule is Oc1ccc2c(c1)N1C=CC=CC1=C1C=CCN12. The summed E-state index contributed by atoms with van der Waals surface area (Å²) in [5, 5.41) is 9.70. The minimum absolute atomic E-state index is 0.298. The van der Waals surface area contributed by atoms with Crippen LogP contribution in [0.25, 0.3) is 0 Å². The van der Waals surface area contributed by atoms with Gasteiger partial charge in [-0.3, -0.25) is 0 Å². The molecule has 3 heterocycles. The third-order valence-corrected chi connectivity index (χ3v) is 3.49. The van der Waals surface area contributed by atoms with Gasteiger partial charge in [0, 0.05) is 18.8 Å². The number of phenols is 1. The molecule has 0 spiro atoms. The highest BCUT2D eigenvalue weighted by Gasteiger charge is 2.29. The fraction of sp³-hybridized carbons (Fsp3) is 0.0667. The van der Waals surface area contributed by atoms with E-state index in [4.69, 9.17) is 0 Å². The van der Waals surface area contributed by atoms with Crippen LogP contribution in [0.15, 0.2) is 66.2 Å². The van der Waals surface area contributed by atoms with Crippen LogP contribution < -0.4 is 9.80 Å². The zero-order valence-electron chi connectivity index (χ0n) is 9.74. The average Bonchev–Trinajstić information content (AvgIpc) is 2.88. The van der Waals surface area contributed by atoms with Gasteiger partial charge >= 0.3 is 0 Å². The smallest absolute Gasteiger partial charge is 0.117 e. The molecule has 0 aliphatic carbocycles. The average molecular weight is 236 g/mol. The Hall–Kier alpha value is -2.42. The summed E-state index contributed by atoms with van der Waals surface area (Å²) in [5.74, 6) is 0.298. The number of benzene rings is 1. The number of aromatic hydroxyl groups is 1. The molecule has 1 N–H and O–H groups in total. The van der Waals surface area contributed by atoms with E-state index < -0.39 is 0 Å². The second kappa shape index (κ2) is 3.29. The number of nitrogens with zero attached hydrogens (tertiary/aromatic N) is 2. The minimum Gasteiger partial charge on any atom is -0.508 e. The fourth-order valence-electron chi connectivity index (χ4n) is 2.70. The molecule has 4 rings (SSSR count). The van der Waals surface area contributed by atoms with Crippen LogP contribution in [-0.2, 0) is 0 Å². The Balaban J connectivity index is 2.00. The maximum atomic E-state index is 9.70. The Kier molecular flexibility index (Phi) is 1.75. The standard InChI is InChI=1S/C15H12N2O/c18-11-6-7-14-15(10-11)17-8-2-1-4-12(17)13-5-3-9-16(13)14/h1-8,10,18H,9H2. The Morgan fingerprint density at radius 3 is 2.89 bits per heavy atom. The van der Waals surface area contributed by atoms with Gasteiger partial charge in [0.25, 0.3) is 0 Å². The van der Waals surface area contributed by atoms with Crippen molar-refractivity contribution in [2.75, 3.05) is 16.3 Å². The Morgan fingerprint density at radius 2 is 1.94 bits per heavy atom. The highest BCUT2D eigenvalue weighted by atomic mass is 16.3. The lowest BCUT2D eigenvalue weighted by molar-refractivity contribution is 0.475. The summed E-state index contributed by atoms with van der Waals surface area (Å²) in [6.45, 7) is 0.891. The van der Waals surface area contributed by atoms with Crippen LogP contribution in [0, 0.1) is 0 Å². The maximum absolute atomic E-state index is 9.70. The van der Waals surface area contributed by atoms with Crippen molar-refractivity contribution in [3.8, 4) is 5.75 Å². The summed E-state index contributed by atoms with van der Waals surface area (Å²) >= 11 is 0. The summed E-state index contributed by atoms with van der Waals surface area (Å²) in [6, 6.07) is 5.53. The molecule has 18 heavy (non-hydrogen) atoms. The van der Waals surface area contributed by atoms with Gasteiger partial charge in [-0.25, -0.2) is 0 Å². The van der Waals surface area contributed by atoms with Crippen LogP contribution in [0.3, 0.4) is 0 Å². The summed E-state index contributed by atoms with van der Waals surface area (Å²) < 4.78 is 0. The molecule has 0 saturated heterocycles. The lowest BCUT2D eigenvalue weighted by Crippen LogP contribution is -2.31. The molecule has 3 aliphatic heterocycles. The van der Waals surface area contributed by atoms with Gasteiger partial charge < -0.3 is 14.9 Å². The lowest BCUT2D eigenvalue weighted by Gasteiger charge is -2.37. The third-order valence-electron chi connectivity index (χ3n) is 3.49. The highest BCUT2D eigenvalue weighted by Crippen LogP contribution is 2.44. The molecule has 0 bridgehead atoms. The van der Waals surface area contributed by atoms with Crippen molar-refractivity contribution in [2.24, 2.45) is 0 Å². The van der Waals surface area contributed by atoms with Crippen molar-refractivity contribution in [3.63, 3.8) is 0 Å². The number of anilines is 2. The molecular formula is C15H12N2O. The van der Waals surface area contributed by atoms with Crippen LogP contribution in [0.4, 0.5) is 11.4 Å². The van der Waals surface area contributed by atoms with E-state index in [2.05, 4.69) is 28.0 Å². The maximum Gasteiger partial charge on any atom is 0.117 e. The van der Waals surface area contributed by atoms with Gasteiger partial charge in [0.15, 0.2) is 0 Å². The first-order chi connectivity index (χ1) is 8.84.